The number of thiophene rings is 1. The standard InChI is InChI=1S/C46H47ClFN7O12S2/c47-38-40(67-23-37(58)59)42(46(63)64)68-41(38)26-4-1-6-29(20-26)50-28-14-18-54(19-15-28)69(65,66)24-27-5-2-9-33(39(27)48)51-43(60)25-12-16-53(17-13-25)36(57)21-49-32-8-3-7-30-31(32)22-55(45(30)62)34-10-11-35(56)52-44(34)61/h1-9,20,25,28,34,49-50H,10-19,21-24H2,(H,51,60)(H,58,59)(H,63,64)(H,52,56,61). The van der Waals surface area contributed by atoms with Gasteiger partial charge in [-0.05, 0) is 68.0 Å². The van der Waals surface area contributed by atoms with Crippen LogP contribution in [0.15, 0.2) is 60.7 Å². The number of imide groups is 1. The quantitative estimate of drug-likeness (QED) is 0.0823. The molecule has 6 N–H and O–H groups in total. The number of hydrogen-bond acceptors (Lipinski definition) is 13. The fraction of sp³-hybridized carbons (Fsp3) is 0.370. The third-order valence-electron chi connectivity index (χ3n) is 12.6. The van der Waals surface area contributed by atoms with Gasteiger partial charge >= 0.3 is 11.9 Å². The Labute approximate surface area is 404 Å². The molecule has 0 saturated carbocycles. The number of carbonyl (C=O) groups is 7. The maximum absolute atomic E-state index is 15.9. The van der Waals surface area contributed by atoms with Crippen LogP contribution in [0.1, 0.15) is 69.7 Å². The lowest BCUT2D eigenvalue weighted by Gasteiger charge is -2.32. The first-order valence-electron chi connectivity index (χ1n) is 22.1. The normalized spacial score (nSPS) is 18.1. The fourth-order valence-corrected chi connectivity index (χ4v) is 12.0. The van der Waals surface area contributed by atoms with Gasteiger partial charge in [0.2, 0.25) is 33.7 Å². The van der Waals surface area contributed by atoms with Crippen molar-refractivity contribution in [1.82, 2.24) is 19.4 Å². The van der Waals surface area contributed by atoms with Gasteiger partial charge in [0.1, 0.15) is 11.1 Å². The summed E-state index contributed by atoms with van der Waals surface area (Å²) in [7, 11) is -3.98. The molecular weight excluding hydrogens is 961 g/mol. The Morgan fingerprint density at radius 2 is 1.62 bits per heavy atom. The number of ether oxygens (including phenoxy) is 1. The molecule has 4 aliphatic rings. The van der Waals surface area contributed by atoms with E-state index in [1.165, 1.54) is 27.4 Å². The van der Waals surface area contributed by atoms with Gasteiger partial charge < -0.3 is 40.7 Å². The summed E-state index contributed by atoms with van der Waals surface area (Å²) < 4.78 is 49.6. The smallest absolute Gasteiger partial charge is 0.349 e. The van der Waals surface area contributed by atoms with Crippen molar-refractivity contribution in [3.63, 3.8) is 0 Å². The van der Waals surface area contributed by atoms with E-state index in [0.717, 1.165) is 11.3 Å². The monoisotopic (exact) mass is 1010 g/mol. The van der Waals surface area contributed by atoms with Gasteiger partial charge in [0.15, 0.2) is 23.1 Å². The predicted octanol–water partition coefficient (Wildman–Crippen LogP) is 4.83. The molecule has 23 heteroatoms. The molecular formula is C46H47ClFN7O12S2. The third-order valence-corrected chi connectivity index (χ3v) is 16.1. The number of carboxylic acid groups (broad SMARTS) is 2. The first-order chi connectivity index (χ1) is 33.0. The molecule has 364 valence electrons. The predicted molar refractivity (Wildman–Crippen MR) is 251 cm³/mol. The Morgan fingerprint density at radius 3 is 2.33 bits per heavy atom. The summed E-state index contributed by atoms with van der Waals surface area (Å²) >= 11 is 7.31. The summed E-state index contributed by atoms with van der Waals surface area (Å²) in [5.74, 6) is -6.79. The highest BCUT2D eigenvalue weighted by Gasteiger charge is 2.40. The summed E-state index contributed by atoms with van der Waals surface area (Å²) in [4.78, 5) is 90.0. The molecule has 19 nitrogen and oxygen atoms in total. The van der Waals surface area contributed by atoms with E-state index in [1.807, 2.05) is 0 Å². The van der Waals surface area contributed by atoms with Crippen LogP contribution >= 0.6 is 22.9 Å². The highest BCUT2D eigenvalue weighted by molar-refractivity contribution is 7.88. The van der Waals surface area contributed by atoms with Crippen LogP contribution in [-0.2, 0) is 46.3 Å². The number of hydrogen-bond donors (Lipinski definition) is 6. The average Bonchev–Trinajstić information content (AvgIpc) is 3.84. The number of carbonyl (C=O) groups excluding carboxylic acids is 5. The van der Waals surface area contributed by atoms with Crippen LogP contribution in [0.2, 0.25) is 5.02 Å². The number of anilines is 3. The summed E-state index contributed by atoms with van der Waals surface area (Å²) in [5, 5.41) is 30.0. The molecule has 0 aliphatic carbocycles. The zero-order chi connectivity index (χ0) is 49.1. The molecule has 4 aliphatic heterocycles. The number of rotatable bonds is 16. The molecule has 69 heavy (non-hydrogen) atoms. The van der Waals surface area contributed by atoms with Crippen molar-refractivity contribution in [3.05, 3.63) is 93.1 Å². The van der Waals surface area contributed by atoms with Gasteiger partial charge in [0.05, 0.1) is 22.9 Å². The molecule has 1 aromatic heterocycles. The van der Waals surface area contributed by atoms with Gasteiger partial charge in [0, 0.05) is 79.2 Å². The second kappa shape index (κ2) is 20.5. The topological polar surface area (TPSA) is 261 Å². The minimum atomic E-state index is -3.98. The average molecular weight is 1010 g/mol. The minimum absolute atomic E-state index is 0.0328. The number of benzene rings is 3. The summed E-state index contributed by atoms with van der Waals surface area (Å²) in [6.45, 7) is 0.111. The first kappa shape index (κ1) is 48.8. The van der Waals surface area contributed by atoms with E-state index in [1.54, 1.807) is 47.4 Å². The van der Waals surface area contributed by atoms with Gasteiger partial charge in [-0.1, -0.05) is 41.9 Å². The van der Waals surface area contributed by atoms with Crippen molar-refractivity contribution in [2.24, 2.45) is 5.92 Å². The van der Waals surface area contributed by atoms with Crippen molar-refractivity contribution in [2.45, 2.75) is 62.9 Å². The Kier molecular flexibility index (Phi) is 14.5. The maximum atomic E-state index is 15.9. The highest BCUT2D eigenvalue weighted by Crippen LogP contribution is 2.46. The van der Waals surface area contributed by atoms with E-state index in [0.29, 0.717) is 58.6 Å². The van der Waals surface area contributed by atoms with Gasteiger partial charge in [0.25, 0.3) is 5.91 Å². The summed E-state index contributed by atoms with van der Waals surface area (Å²) in [6, 6.07) is 15.3. The summed E-state index contributed by atoms with van der Waals surface area (Å²) in [6.07, 6.45) is 1.81. The number of carboxylic acids is 2. The van der Waals surface area contributed by atoms with E-state index in [2.05, 4.69) is 21.3 Å². The molecule has 1 unspecified atom stereocenters. The number of aliphatic carboxylic acids is 1. The van der Waals surface area contributed by atoms with E-state index >= 15 is 4.39 Å². The van der Waals surface area contributed by atoms with Crippen LogP contribution in [0, 0.1) is 11.7 Å². The van der Waals surface area contributed by atoms with Crippen LogP contribution in [-0.4, -0.2) is 126 Å². The molecule has 5 heterocycles. The van der Waals surface area contributed by atoms with Gasteiger partial charge in [-0.25, -0.2) is 26.7 Å². The zero-order valence-electron chi connectivity index (χ0n) is 36.8. The number of amides is 5. The number of nitrogens with one attached hydrogen (secondary N) is 4. The number of nitrogens with zero attached hydrogens (tertiary/aromatic N) is 3. The van der Waals surface area contributed by atoms with Crippen LogP contribution in [0.4, 0.5) is 21.5 Å². The largest absolute Gasteiger partial charge is 0.479 e. The second-order valence-electron chi connectivity index (χ2n) is 17.1. The zero-order valence-corrected chi connectivity index (χ0v) is 39.2. The van der Waals surface area contributed by atoms with Crippen LogP contribution in [0.25, 0.3) is 10.4 Å². The van der Waals surface area contributed by atoms with E-state index in [4.69, 9.17) is 21.4 Å². The molecule has 3 aromatic carbocycles. The van der Waals surface area contributed by atoms with Crippen molar-refractivity contribution >= 4 is 91.5 Å². The van der Waals surface area contributed by atoms with Crippen molar-refractivity contribution in [3.8, 4) is 16.2 Å². The molecule has 0 radical (unpaired) electrons. The number of piperidine rings is 3. The van der Waals surface area contributed by atoms with E-state index < -0.39 is 63.9 Å². The van der Waals surface area contributed by atoms with Crippen molar-refractivity contribution in [1.29, 1.82) is 0 Å². The highest BCUT2D eigenvalue weighted by atomic mass is 35.5. The Morgan fingerprint density at radius 1 is 0.913 bits per heavy atom. The Bertz CT molecular complexity index is 2850. The van der Waals surface area contributed by atoms with E-state index in [9.17, 15) is 47.1 Å². The number of halogens is 2. The molecule has 8 rings (SSSR count). The lowest BCUT2D eigenvalue weighted by Crippen LogP contribution is -2.52. The SMILES string of the molecule is O=C(O)COc1c(C(=O)O)sc(-c2cccc(NC3CCN(S(=O)(=O)Cc4cccc(NC(=O)C5CCN(C(=O)CNc6cccc7c6CN(C6CCC(=O)NC6=O)C7=O)CC5)c4F)CC3)c2)c1Cl. The first-order valence-corrected chi connectivity index (χ1v) is 24.9. The van der Waals surface area contributed by atoms with Gasteiger partial charge in [-0.3, -0.25) is 29.3 Å². The lowest BCUT2D eigenvalue weighted by molar-refractivity contribution is -0.139. The molecule has 3 saturated heterocycles. The molecule has 4 aromatic rings. The van der Waals surface area contributed by atoms with E-state index in [-0.39, 0.29) is 103 Å². The van der Waals surface area contributed by atoms with Crippen LogP contribution in [0.5, 0.6) is 5.75 Å². The number of fused-ring (bicyclic) bond motifs is 1. The lowest BCUT2D eigenvalue weighted by atomic mass is 9.95. The van der Waals surface area contributed by atoms with Crippen LogP contribution in [0.3, 0.4) is 0 Å². The molecule has 0 bridgehead atoms. The molecule has 0 spiro atoms. The van der Waals surface area contributed by atoms with Crippen molar-refractivity contribution in [2.75, 3.05) is 55.3 Å². The minimum Gasteiger partial charge on any atom is -0.479 e. The summed E-state index contributed by atoms with van der Waals surface area (Å²) in [5.41, 5.74) is 2.58. The van der Waals surface area contributed by atoms with Gasteiger partial charge in [-0.15, -0.1) is 11.3 Å². The van der Waals surface area contributed by atoms with Crippen molar-refractivity contribution < 1.29 is 61.3 Å². The Hall–Kier alpha value is -6.62. The molecule has 5 amide bonds. The number of sulfonamides is 1. The van der Waals surface area contributed by atoms with Crippen LogP contribution < -0.4 is 26.0 Å². The molecule has 1 atom stereocenters. The number of aromatic carboxylic acids is 1. The Balaban J connectivity index is 0.800. The number of likely N-dealkylation sites (tertiary alicyclic amines) is 1. The molecule has 3 fully saturated rings. The second-order valence-corrected chi connectivity index (χ2v) is 20.4. The van der Waals surface area contributed by atoms with Gasteiger partial charge in [-0.2, -0.15) is 0 Å². The maximum Gasteiger partial charge on any atom is 0.349 e. The fourth-order valence-electron chi connectivity index (χ4n) is 8.98. The third kappa shape index (κ3) is 10.8.